The van der Waals surface area contributed by atoms with Crippen LogP contribution in [0, 0.1) is 13.8 Å². The molecule has 1 amide bonds. The van der Waals surface area contributed by atoms with E-state index in [4.69, 9.17) is 0 Å². The summed E-state index contributed by atoms with van der Waals surface area (Å²) in [6.07, 6.45) is 0. The normalized spacial score (nSPS) is 11.6. The molecular formula is C24H23N3O2. The average molecular weight is 385 g/mol. The summed E-state index contributed by atoms with van der Waals surface area (Å²) in [5.74, 6) is -0.139. The molecule has 3 N–H and O–H groups in total. The summed E-state index contributed by atoms with van der Waals surface area (Å²) in [6, 6.07) is 22.9. The zero-order chi connectivity index (χ0) is 20.4. The van der Waals surface area contributed by atoms with E-state index in [-0.39, 0.29) is 18.3 Å². The minimum Gasteiger partial charge on any atom is -0.379 e. The molecule has 0 spiro atoms. The second-order valence-corrected chi connectivity index (χ2v) is 7.38. The van der Waals surface area contributed by atoms with E-state index in [0.29, 0.717) is 0 Å². The second-order valence-electron chi connectivity index (χ2n) is 7.38. The molecule has 1 aromatic heterocycles. The van der Waals surface area contributed by atoms with E-state index >= 15 is 0 Å². The number of amides is 1. The molecule has 3 aromatic carbocycles. The van der Waals surface area contributed by atoms with Crippen LogP contribution in [0.3, 0.4) is 0 Å². The number of nitrogens with zero attached hydrogens (tertiary/aromatic N) is 1. The summed E-state index contributed by atoms with van der Waals surface area (Å²) >= 11 is 0. The van der Waals surface area contributed by atoms with Gasteiger partial charge in [-0.3, -0.25) is 4.79 Å². The number of H-pyrrole nitrogens is 1. The molecule has 146 valence electrons. The van der Waals surface area contributed by atoms with Crippen LogP contribution < -0.4 is 5.32 Å². The van der Waals surface area contributed by atoms with Gasteiger partial charge in [-0.1, -0.05) is 71.8 Å². The Bertz CT molecular complexity index is 1070. The van der Waals surface area contributed by atoms with Gasteiger partial charge in [0.1, 0.15) is 5.60 Å². The van der Waals surface area contributed by atoms with Crippen molar-refractivity contribution in [2.24, 2.45) is 0 Å². The van der Waals surface area contributed by atoms with Crippen LogP contribution in [-0.4, -0.2) is 27.5 Å². The van der Waals surface area contributed by atoms with Crippen LogP contribution in [0.1, 0.15) is 32.9 Å². The number of fused-ring (bicyclic) bond motifs is 1. The third-order valence-corrected chi connectivity index (χ3v) is 5.17. The summed E-state index contributed by atoms with van der Waals surface area (Å²) in [7, 11) is 0. The Balaban J connectivity index is 1.63. The summed E-state index contributed by atoms with van der Waals surface area (Å²) in [5.41, 5.74) is 3.81. The fourth-order valence-corrected chi connectivity index (χ4v) is 3.38. The Morgan fingerprint density at radius 2 is 1.48 bits per heavy atom. The number of rotatable bonds is 5. The molecular weight excluding hydrogens is 362 g/mol. The molecule has 0 unspecified atom stereocenters. The van der Waals surface area contributed by atoms with E-state index in [1.54, 1.807) is 0 Å². The molecule has 0 aliphatic heterocycles. The second kappa shape index (κ2) is 7.53. The molecule has 5 heteroatoms. The lowest BCUT2D eigenvalue weighted by molar-refractivity contribution is 0.0691. The fourth-order valence-electron chi connectivity index (χ4n) is 3.38. The number of aliphatic hydroxyl groups is 1. The Hall–Kier alpha value is -3.44. The Morgan fingerprint density at radius 3 is 2.03 bits per heavy atom. The summed E-state index contributed by atoms with van der Waals surface area (Å²) in [6.45, 7) is 4.02. The van der Waals surface area contributed by atoms with Crippen molar-refractivity contribution >= 4 is 16.9 Å². The quantitative estimate of drug-likeness (QED) is 0.488. The molecule has 0 radical (unpaired) electrons. The van der Waals surface area contributed by atoms with Crippen LogP contribution in [0.25, 0.3) is 11.0 Å². The van der Waals surface area contributed by atoms with Crippen molar-refractivity contribution in [1.29, 1.82) is 0 Å². The first-order valence-corrected chi connectivity index (χ1v) is 9.55. The number of hydrogen-bond acceptors (Lipinski definition) is 3. The third-order valence-electron chi connectivity index (χ3n) is 5.17. The lowest BCUT2D eigenvalue weighted by atomic mass is 9.85. The van der Waals surface area contributed by atoms with Crippen LogP contribution >= 0.6 is 0 Å². The molecule has 0 atom stereocenters. The van der Waals surface area contributed by atoms with E-state index < -0.39 is 5.60 Å². The van der Waals surface area contributed by atoms with Gasteiger partial charge in [0.2, 0.25) is 0 Å². The van der Waals surface area contributed by atoms with Gasteiger partial charge < -0.3 is 15.4 Å². The first-order chi connectivity index (χ1) is 14.0. The molecule has 0 aliphatic rings. The number of hydrogen-bond donors (Lipinski definition) is 3. The van der Waals surface area contributed by atoms with Gasteiger partial charge in [-0.05, 0) is 37.1 Å². The predicted molar refractivity (Wildman–Crippen MR) is 114 cm³/mol. The Labute approximate surface area is 169 Å². The SMILES string of the molecule is Cc1ccc(C(O)(CNC(=O)c2nc3ccccc3[nH]2)c2ccc(C)cc2)cc1. The van der Waals surface area contributed by atoms with E-state index in [1.165, 1.54) is 0 Å². The molecule has 0 saturated carbocycles. The van der Waals surface area contributed by atoms with Crippen molar-refractivity contribution in [3.05, 3.63) is 101 Å². The maximum Gasteiger partial charge on any atom is 0.287 e. The number of imidazole rings is 1. The van der Waals surface area contributed by atoms with Crippen LogP contribution in [0.15, 0.2) is 72.8 Å². The van der Waals surface area contributed by atoms with Crippen molar-refractivity contribution in [2.75, 3.05) is 6.54 Å². The zero-order valence-electron chi connectivity index (χ0n) is 16.4. The van der Waals surface area contributed by atoms with Gasteiger partial charge >= 0.3 is 0 Å². The molecule has 0 aliphatic carbocycles. The summed E-state index contributed by atoms with van der Waals surface area (Å²) in [5, 5.41) is 14.5. The highest BCUT2D eigenvalue weighted by molar-refractivity contribution is 5.94. The highest BCUT2D eigenvalue weighted by atomic mass is 16.3. The number of nitrogens with one attached hydrogen (secondary N) is 2. The smallest absolute Gasteiger partial charge is 0.287 e. The van der Waals surface area contributed by atoms with Gasteiger partial charge in [0.15, 0.2) is 5.82 Å². The average Bonchev–Trinajstić information content (AvgIpc) is 3.17. The van der Waals surface area contributed by atoms with Crippen molar-refractivity contribution in [3.63, 3.8) is 0 Å². The minimum atomic E-state index is -1.36. The van der Waals surface area contributed by atoms with Crippen molar-refractivity contribution < 1.29 is 9.90 Å². The van der Waals surface area contributed by atoms with Crippen LogP contribution in [0.4, 0.5) is 0 Å². The van der Waals surface area contributed by atoms with Crippen molar-refractivity contribution in [3.8, 4) is 0 Å². The van der Waals surface area contributed by atoms with Gasteiger partial charge in [-0.25, -0.2) is 4.98 Å². The monoisotopic (exact) mass is 385 g/mol. The van der Waals surface area contributed by atoms with Gasteiger partial charge in [0, 0.05) is 0 Å². The van der Waals surface area contributed by atoms with Crippen LogP contribution in [0.2, 0.25) is 0 Å². The van der Waals surface area contributed by atoms with E-state index in [0.717, 1.165) is 33.3 Å². The molecule has 4 rings (SSSR count). The van der Waals surface area contributed by atoms with Gasteiger partial charge in [-0.15, -0.1) is 0 Å². The van der Waals surface area contributed by atoms with E-state index in [1.807, 2.05) is 86.6 Å². The molecule has 29 heavy (non-hydrogen) atoms. The third kappa shape index (κ3) is 3.77. The number of aromatic nitrogens is 2. The number of para-hydroxylation sites is 2. The van der Waals surface area contributed by atoms with Crippen LogP contribution in [0.5, 0.6) is 0 Å². The van der Waals surface area contributed by atoms with E-state index in [9.17, 15) is 9.90 Å². The number of benzene rings is 3. The fraction of sp³-hybridized carbons (Fsp3) is 0.167. The standard InChI is InChI=1S/C24H23N3O2/c1-16-7-11-18(12-8-16)24(29,19-13-9-17(2)10-14-19)15-25-23(28)22-26-20-5-3-4-6-21(20)27-22/h3-14,29H,15H2,1-2H3,(H,25,28)(H,26,27). The summed E-state index contributed by atoms with van der Waals surface area (Å²) < 4.78 is 0. The first kappa shape index (κ1) is 18.9. The lowest BCUT2D eigenvalue weighted by Gasteiger charge is -2.30. The van der Waals surface area contributed by atoms with Crippen LogP contribution in [-0.2, 0) is 5.60 Å². The Kier molecular flexibility index (Phi) is 4.91. The zero-order valence-corrected chi connectivity index (χ0v) is 16.4. The van der Waals surface area contributed by atoms with Crippen molar-refractivity contribution in [2.45, 2.75) is 19.4 Å². The minimum absolute atomic E-state index is 0.0228. The number of aryl methyl sites for hydroxylation is 2. The van der Waals surface area contributed by atoms with Gasteiger partial charge in [-0.2, -0.15) is 0 Å². The van der Waals surface area contributed by atoms with E-state index in [2.05, 4.69) is 15.3 Å². The van der Waals surface area contributed by atoms with Gasteiger partial charge in [0.05, 0.1) is 17.6 Å². The molecule has 4 aromatic rings. The number of carbonyl (C=O) groups excluding carboxylic acids is 1. The highest BCUT2D eigenvalue weighted by Crippen LogP contribution is 2.30. The largest absolute Gasteiger partial charge is 0.379 e. The highest BCUT2D eigenvalue weighted by Gasteiger charge is 2.32. The maximum absolute atomic E-state index is 12.7. The van der Waals surface area contributed by atoms with Gasteiger partial charge in [0.25, 0.3) is 5.91 Å². The lowest BCUT2D eigenvalue weighted by Crippen LogP contribution is -2.42. The first-order valence-electron chi connectivity index (χ1n) is 9.55. The summed E-state index contributed by atoms with van der Waals surface area (Å²) in [4.78, 5) is 20.1. The Morgan fingerprint density at radius 1 is 0.931 bits per heavy atom. The van der Waals surface area contributed by atoms with Crippen molar-refractivity contribution in [1.82, 2.24) is 15.3 Å². The molecule has 1 heterocycles. The topological polar surface area (TPSA) is 78.0 Å². The predicted octanol–water partition coefficient (Wildman–Crippen LogP) is 3.85. The number of aromatic amines is 1. The molecule has 0 fully saturated rings. The molecule has 5 nitrogen and oxygen atoms in total. The maximum atomic E-state index is 12.7. The number of carbonyl (C=O) groups is 1. The molecule has 0 saturated heterocycles. The molecule has 0 bridgehead atoms.